The van der Waals surface area contributed by atoms with Crippen LogP contribution in [0.2, 0.25) is 0 Å². The first-order chi connectivity index (χ1) is 57.8. The molecule has 33 nitrogen and oxygen atoms in total. The van der Waals surface area contributed by atoms with Gasteiger partial charge in [-0.25, -0.2) is 24.7 Å². The number of nitrogens with zero attached hydrogens (tertiary/aromatic N) is 16. The maximum Gasteiger partial charge on any atom is 0.396 e. The van der Waals surface area contributed by atoms with Gasteiger partial charge in [-0.15, -0.1) is 40.8 Å². The van der Waals surface area contributed by atoms with Crippen LogP contribution < -0.4 is 41.3 Å². The molecule has 33 heteroatoms. The number of rotatable bonds is 16. The molecule has 4 saturated carbocycles. The van der Waals surface area contributed by atoms with Gasteiger partial charge in [0.1, 0.15) is 41.4 Å². The van der Waals surface area contributed by atoms with Crippen molar-refractivity contribution in [2.45, 2.75) is 121 Å². The number of hydrogen-bond acceptors (Lipinski definition) is 26. The van der Waals surface area contributed by atoms with E-state index in [-0.39, 0.29) is 110 Å². The topological polar surface area (TPSA) is 428 Å². The van der Waals surface area contributed by atoms with Gasteiger partial charge in [0.2, 0.25) is 29.5 Å². The van der Waals surface area contributed by atoms with Crippen molar-refractivity contribution in [1.82, 2.24) is 76.7 Å². The number of likely N-dealkylation sites (N-methyl/N-ethyl adjacent to an activating group) is 4. The number of benzene rings is 4. The SMILES string of the molecule is C.C.CCOC(=O)c1nnc(Cc2ccccc2)o1.CN1C(=O)[C@@H](N)C2C[C@H]2c2cccnc21.CN1C(=O)[C@@H](NC(=O)c2nnc(Cc3ccccc3)o2)C2C[C@H]2c2cccnc21.CN1C(=O)[C@@H](NC(=O)c2nnc(Cc3ccccc3)o2)[C@H]2C[C@H]2c2cccnc21.CN1C(=O)[C@H](NC(=O)c2nnc(Cc3ccccc3)o2)[C@@H]2C[C@@H]2c2cccnc21. The second kappa shape index (κ2) is 36.3. The molecule has 4 aliphatic heterocycles. The van der Waals surface area contributed by atoms with E-state index in [9.17, 15) is 38.4 Å². The van der Waals surface area contributed by atoms with Crippen LogP contribution in [0.25, 0.3) is 0 Å². The first-order valence-electron chi connectivity index (χ1n) is 39.0. The molecule has 8 aromatic heterocycles. The van der Waals surface area contributed by atoms with Crippen molar-refractivity contribution in [2.75, 3.05) is 54.4 Å². The second-order valence-electron chi connectivity index (χ2n) is 30.0. The van der Waals surface area contributed by atoms with Gasteiger partial charge in [-0.3, -0.25) is 53.2 Å². The zero-order chi connectivity index (χ0) is 82.5. The van der Waals surface area contributed by atoms with Crippen LogP contribution in [-0.4, -0.2) is 167 Å². The number of nitrogens with two attached hydrogens (primary N) is 1. The zero-order valence-electron chi connectivity index (χ0n) is 65.3. The van der Waals surface area contributed by atoms with Crippen LogP contribution in [-0.2, 0) is 49.6 Å². The highest BCUT2D eigenvalue weighted by molar-refractivity contribution is 6.04. The van der Waals surface area contributed by atoms with Gasteiger partial charge in [-0.2, -0.15) is 0 Å². The summed E-state index contributed by atoms with van der Waals surface area (Å²) in [4.78, 5) is 124. The third kappa shape index (κ3) is 18.4. The van der Waals surface area contributed by atoms with Gasteiger partial charge in [0, 0.05) is 53.0 Å². The molecule has 7 amide bonds. The number of anilines is 4. The molecule has 12 aromatic rings. The third-order valence-electron chi connectivity index (χ3n) is 22.2. The van der Waals surface area contributed by atoms with E-state index in [1.165, 1.54) is 20.3 Å². The Morgan fingerprint density at radius 1 is 0.364 bits per heavy atom. The van der Waals surface area contributed by atoms with Crippen molar-refractivity contribution >= 4 is 70.6 Å². The zero-order valence-corrected chi connectivity index (χ0v) is 65.3. The van der Waals surface area contributed by atoms with Gasteiger partial charge >= 0.3 is 47.3 Å². The summed E-state index contributed by atoms with van der Waals surface area (Å²) in [6.07, 6.45) is 12.1. The molecule has 8 aliphatic rings. The molecule has 4 aliphatic carbocycles. The van der Waals surface area contributed by atoms with E-state index < -0.39 is 41.8 Å². The minimum Gasteiger partial charge on any atom is -0.459 e. The first kappa shape index (κ1) is 83.3. The summed E-state index contributed by atoms with van der Waals surface area (Å²) in [6, 6.07) is 52.0. The van der Waals surface area contributed by atoms with Gasteiger partial charge < -0.3 is 44.1 Å². The highest BCUT2D eigenvalue weighted by Crippen LogP contribution is 2.57. The van der Waals surface area contributed by atoms with Gasteiger partial charge in [0.25, 0.3) is 17.7 Å². The maximum absolute atomic E-state index is 13.0. The fraction of sp³-hybridized carbons (Fsp3) is 0.318. The maximum atomic E-state index is 13.0. The summed E-state index contributed by atoms with van der Waals surface area (Å²) in [5, 5.41) is 39.3. The van der Waals surface area contributed by atoms with Crippen molar-refractivity contribution in [1.29, 1.82) is 0 Å². The quantitative estimate of drug-likeness (QED) is 0.0654. The Labute approximate surface area is 695 Å². The number of pyridine rings is 4. The molecule has 0 bridgehead atoms. The molecule has 620 valence electrons. The van der Waals surface area contributed by atoms with Gasteiger partial charge in [0.05, 0.1) is 38.3 Å². The van der Waals surface area contributed by atoms with E-state index in [1.807, 2.05) is 164 Å². The number of esters is 1. The normalized spacial score (nSPS) is 21.7. The number of hydrogen-bond donors (Lipinski definition) is 4. The summed E-state index contributed by atoms with van der Waals surface area (Å²) in [6.45, 7) is 2.01. The van der Waals surface area contributed by atoms with Gasteiger partial charge in [-0.05, 0) is 149 Å². The van der Waals surface area contributed by atoms with Crippen LogP contribution in [0.5, 0.6) is 0 Å². The monoisotopic (exact) mass is 1630 g/mol. The first-order valence-corrected chi connectivity index (χ1v) is 39.0. The number of nitrogens with one attached hydrogen (secondary N) is 3. The predicted octanol–water partition coefficient (Wildman–Crippen LogP) is 9.40. The molecule has 0 radical (unpaired) electrons. The Hall–Kier alpha value is -14.2. The Morgan fingerprint density at radius 2 is 0.620 bits per heavy atom. The molecule has 121 heavy (non-hydrogen) atoms. The van der Waals surface area contributed by atoms with Gasteiger partial charge in [0.15, 0.2) is 0 Å². The molecular weight excluding hydrogens is 1550 g/mol. The average molecular weight is 1640 g/mol. The van der Waals surface area contributed by atoms with Crippen LogP contribution in [0.15, 0.2) is 212 Å². The standard InChI is InChI=1S/3C21H19N5O3.C12H12N2O3.C11H13N3O.2CH4/c3*1-26-18-13(8-5-9-22-18)14-11-15(14)17(21(26)28)23-19(27)20-25-24-16(29-20)10-12-6-3-2-4-7-12;1-2-16-12(15)11-14-13-10(17-11)8-9-6-4-3-5-7-9;1-14-10-6(3-2-4-13-10)7-5-8(7)9(12)11(14)15;;/h3*2-9,14-15,17H,10-11H2,1H3,(H,23,27);3-7H,2,8H2,1H3;2-4,7-9H,5,12H2,1H3;2*1H4/t14-,15?,17-;2*14-,15-,17-;;7-,8?,9-;;/m010.0../s1. The average Bonchev–Trinajstić information content (AvgIpc) is 1.77. The van der Waals surface area contributed by atoms with E-state index in [4.69, 9.17) is 28.1 Å². The van der Waals surface area contributed by atoms with Crippen molar-refractivity contribution in [3.05, 3.63) is 286 Å². The van der Waals surface area contributed by atoms with Crippen LogP contribution in [0.3, 0.4) is 0 Å². The van der Waals surface area contributed by atoms with Crippen molar-refractivity contribution < 1.29 is 60.8 Å². The van der Waals surface area contributed by atoms with Crippen LogP contribution >= 0.6 is 0 Å². The molecule has 0 spiro atoms. The molecule has 0 saturated heterocycles. The lowest BCUT2D eigenvalue weighted by Gasteiger charge is -2.22. The molecule has 4 aromatic carbocycles. The highest BCUT2D eigenvalue weighted by Gasteiger charge is 2.56. The van der Waals surface area contributed by atoms with Crippen LogP contribution in [0, 0.1) is 23.7 Å². The summed E-state index contributed by atoms with van der Waals surface area (Å²) in [5.41, 5.74) is 14.3. The number of fused-ring (bicyclic) bond motifs is 12. The minimum atomic E-state index is -0.642. The van der Waals surface area contributed by atoms with E-state index in [1.54, 1.807) is 64.8 Å². The van der Waals surface area contributed by atoms with Crippen LogP contribution in [0.4, 0.5) is 23.3 Å². The van der Waals surface area contributed by atoms with Crippen molar-refractivity contribution in [3.63, 3.8) is 0 Å². The number of ether oxygens (including phenoxy) is 1. The lowest BCUT2D eigenvalue weighted by atomic mass is 10.1. The molecule has 2 unspecified atom stereocenters. The smallest absolute Gasteiger partial charge is 0.396 e. The van der Waals surface area contributed by atoms with E-state index in [0.29, 0.717) is 78.5 Å². The molecule has 4 fully saturated rings. The molecular formula is C88H90N20O13. The molecule has 20 rings (SSSR count). The number of aromatic nitrogens is 12. The largest absolute Gasteiger partial charge is 0.459 e. The van der Waals surface area contributed by atoms with E-state index >= 15 is 0 Å². The lowest BCUT2D eigenvalue weighted by molar-refractivity contribution is -0.121. The van der Waals surface area contributed by atoms with E-state index in [0.717, 1.165) is 70.4 Å². The Kier molecular flexibility index (Phi) is 25.0. The second-order valence-corrected chi connectivity index (χ2v) is 30.0. The van der Waals surface area contributed by atoms with Crippen LogP contribution in [0.1, 0.15) is 182 Å². The summed E-state index contributed by atoms with van der Waals surface area (Å²) in [5.74, 6) is 2.50. The minimum absolute atomic E-state index is 0. The summed E-state index contributed by atoms with van der Waals surface area (Å²) < 4.78 is 26.5. The fourth-order valence-electron chi connectivity index (χ4n) is 15.8. The number of carbonyl (C=O) groups excluding carboxylic acids is 8. The molecule has 12 atom stereocenters. The summed E-state index contributed by atoms with van der Waals surface area (Å²) >= 11 is 0. The van der Waals surface area contributed by atoms with E-state index in [2.05, 4.69) is 82.7 Å². The molecule has 12 heterocycles. The fourth-order valence-corrected chi connectivity index (χ4v) is 15.8. The third-order valence-corrected chi connectivity index (χ3v) is 22.2. The van der Waals surface area contributed by atoms with Crippen molar-refractivity contribution in [3.8, 4) is 0 Å². The van der Waals surface area contributed by atoms with Gasteiger partial charge in [-0.1, -0.05) is 160 Å². The van der Waals surface area contributed by atoms with Crippen molar-refractivity contribution in [2.24, 2.45) is 29.4 Å². The Bertz CT molecular complexity index is 5320. The highest BCUT2D eigenvalue weighted by atomic mass is 16.5. The lowest BCUT2D eigenvalue weighted by Crippen LogP contribution is -2.48. The number of carbonyl (C=O) groups is 8. The Balaban J connectivity index is 0.000000126. The number of amides is 7. The predicted molar refractivity (Wildman–Crippen MR) is 439 cm³/mol. The summed E-state index contributed by atoms with van der Waals surface area (Å²) in [7, 11) is 6.80. The molecule has 5 N–H and O–H groups in total. The Morgan fingerprint density at radius 3 is 0.909 bits per heavy atom.